The van der Waals surface area contributed by atoms with Gasteiger partial charge < -0.3 is 5.11 Å². The number of rotatable bonds is 4. The first kappa shape index (κ1) is 15.0. The number of nitrogens with one attached hydrogen (secondary N) is 1. The van der Waals surface area contributed by atoms with Gasteiger partial charge in [0.15, 0.2) is 11.4 Å². The van der Waals surface area contributed by atoms with E-state index in [1.54, 1.807) is 42.5 Å². The maximum atomic E-state index is 12.4. The maximum Gasteiger partial charge on any atom is 0.217 e. The molecule has 3 rings (SSSR count). The van der Waals surface area contributed by atoms with E-state index in [4.69, 9.17) is 11.6 Å². The first-order valence-corrected chi connectivity index (χ1v) is 7.13. The largest absolute Gasteiger partial charge is 0.504 e. The number of aromatic hydroxyl groups is 1. The summed E-state index contributed by atoms with van der Waals surface area (Å²) in [6.45, 7) is 0. The van der Waals surface area contributed by atoms with Gasteiger partial charge in [-0.15, -0.1) is 0 Å². The molecule has 0 atom stereocenters. The molecule has 6 heteroatoms. The third kappa shape index (κ3) is 2.86. The van der Waals surface area contributed by atoms with E-state index in [1.807, 2.05) is 0 Å². The Balaban J connectivity index is 1.95. The van der Waals surface area contributed by atoms with Crippen LogP contribution in [0.3, 0.4) is 0 Å². The number of ketones is 2. The molecule has 0 unspecified atom stereocenters. The van der Waals surface area contributed by atoms with E-state index in [0.29, 0.717) is 16.1 Å². The molecule has 23 heavy (non-hydrogen) atoms. The number of hydrogen-bond donors (Lipinski definition) is 2. The minimum absolute atomic E-state index is 0.117. The van der Waals surface area contributed by atoms with Crippen molar-refractivity contribution in [2.45, 2.75) is 0 Å². The highest BCUT2D eigenvalue weighted by Crippen LogP contribution is 2.25. The zero-order valence-electron chi connectivity index (χ0n) is 11.8. The SMILES string of the molecule is O=C(c1ccc(Cl)cc1)c1n[nH]c(C(=O)c2ccccc2)c1O. The van der Waals surface area contributed by atoms with Crippen LogP contribution in [-0.4, -0.2) is 26.9 Å². The van der Waals surface area contributed by atoms with Crippen molar-refractivity contribution in [2.75, 3.05) is 0 Å². The number of halogens is 1. The van der Waals surface area contributed by atoms with Crippen LogP contribution >= 0.6 is 11.6 Å². The van der Waals surface area contributed by atoms with Crippen LogP contribution in [0.4, 0.5) is 0 Å². The third-order valence-corrected chi connectivity index (χ3v) is 3.58. The van der Waals surface area contributed by atoms with E-state index in [-0.39, 0.29) is 11.4 Å². The topological polar surface area (TPSA) is 83.0 Å². The first-order valence-electron chi connectivity index (χ1n) is 6.75. The first-order chi connectivity index (χ1) is 11.1. The predicted octanol–water partition coefficient (Wildman–Crippen LogP) is 3.23. The Morgan fingerprint density at radius 3 is 2.17 bits per heavy atom. The summed E-state index contributed by atoms with van der Waals surface area (Å²) in [5.74, 6) is -1.40. The Morgan fingerprint density at radius 2 is 1.52 bits per heavy atom. The van der Waals surface area contributed by atoms with Crippen molar-refractivity contribution in [3.8, 4) is 5.75 Å². The van der Waals surface area contributed by atoms with Crippen LogP contribution in [0.5, 0.6) is 5.75 Å². The number of hydrogen-bond acceptors (Lipinski definition) is 4. The second kappa shape index (κ2) is 6.06. The summed E-state index contributed by atoms with van der Waals surface area (Å²) in [4.78, 5) is 24.7. The second-order valence-electron chi connectivity index (χ2n) is 4.83. The normalized spacial score (nSPS) is 10.5. The molecule has 0 radical (unpaired) electrons. The lowest BCUT2D eigenvalue weighted by atomic mass is 10.0. The molecule has 0 spiro atoms. The summed E-state index contributed by atoms with van der Waals surface area (Å²) in [6, 6.07) is 14.6. The minimum Gasteiger partial charge on any atom is -0.504 e. The Bertz CT molecular complexity index is 871. The average molecular weight is 327 g/mol. The molecule has 3 aromatic rings. The van der Waals surface area contributed by atoms with Crippen molar-refractivity contribution in [3.05, 3.63) is 82.1 Å². The number of nitrogens with zero attached hydrogens (tertiary/aromatic N) is 1. The molecule has 0 amide bonds. The Hall–Kier alpha value is -2.92. The van der Waals surface area contributed by atoms with Crippen molar-refractivity contribution in [3.63, 3.8) is 0 Å². The molecular weight excluding hydrogens is 316 g/mol. The molecular formula is C17H11ClN2O3. The molecule has 0 saturated heterocycles. The minimum atomic E-state index is -0.498. The standard InChI is InChI=1S/C17H11ClN2O3/c18-12-8-6-11(7-9-12)16(22)14-17(23)13(19-20-14)15(21)10-4-2-1-3-5-10/h1-9,23H,(H,19,20). The predicted molar refractivity (Wildman–Crippen MR) is 85.0 cm³/mol. The van der Waals surface area contributed by atoms with Gasteiger partial charge in [-0.3, -0.25) is 14.7 Å². The van der Waals surface area contributed by atoms with Crippen molar-refractivity contribution in [1.82, 2.24) is 10.2 Å². The van der Waals surface area contributed by atoms with Crippen LogP contribution in [0.15, 0.2) is 54.6 Å². The van der Waals surface area contributed by atoms with Crippen molar-refractivity contribution < 1.29 is 14.7 Å². The Kier molecular flexibility index (Phi) is 3.95. The van der Waals surface area contributed by atoms with E-state index in [0.717, 1.165) is 0 Å². The van der Waals surface area contributed by atoms with Crippen LogP contribution in [-0.2, 0) is 0 Å². The van der Waals surface area contributed by atoms with E-state index >= 15 is 0 Å². The van der Waals surface area contributed by atoms with Crippen LogP contribution < -0.4 is 0 Å². The molecule has 1 heterocycles. The maximum absolute atomic E-state index is 12.4. The summed E-state index contributed by atoms with van der Waals surface area (Å²) >= 11 is 5.78. The number of benzene rings is 2. The molecule has 5 nitrogen and oxygen atoms in total. The molecule has 2 aromatic carbocycles. The van der Waals surface area contributed by atoms with Gasteiger partial charge in [-0.05, 0) is 24.3 Å². The number of carbonyl (C=O) groups is 2. The fourth-order valence-corrected chi connectivity index (χ4v) is 2.25. The summed E-state index contributed by atoms with van der Waals surface area (Å²) in [5.41, 5.74) is 0.381. The smallest absolute Gasteiger partial charge is 0.217 e. The lowest BCUT2D eigenvalue weighted by Crippen LogP contribution is -2.03. The third-order valence-electron chi connectivity index (χ3n) is 3.33. The fraction of sp³-hybridized carbons (Fsp3) is 0. The highest BCUT2D eigenvalue weighted by atomic mass is 35.5. The van der Waals surface area contributed by atoms with Gasteiger partial charge in [0.1, 0.15) is 5.69 Å². The number of H-pyrrole nitrogens is 1. The van der Waals surface area contributed by atoms with Gasteiger partial charge >= 0.3 is 0 Å². The fourth-order valence-electron chi connectivity index (χ4n) is 2.12. The zero-order valence-corrected chi connectivity index (χ0v) is 12.5. The molecule has 0 fully saturated rings. The number of carbonyl (C=O) groups excluding carboxylic acids is 2. The molecule has 2 N–H and O–H groups in total. The van der Waals surface area contributed by atoms with Gasteiger partial charge in [0, 0.05) is 16.1 Å². The van der Waals surface area contributed by atoms with E-state index in [9.17, 15) is 14.7 Å². The lowest BCUT2D eigenvalue weighted by Gasteiger charge is -2.00. The van der Waals surface area contributed by atoms with Gasteiger partial charge in [-0.2, -0.15) is 5.10 Å². The van der Waals surface area contributed by atoms with Gasteiger partial charge in [0.05, 0.1) is 0 Å². The quantitative estimate of drug-likeness (QED) is 0.721. The molecule has 114 valence electrons. The molecule has 0 bridgehead atoms. The summed E-state index contributed by atoms with van der Waals surface area (Å²) in [7, 11) is 0. The van der Waals surface area contributed by atoms with E-state index < -0.39 is 17.3 Å². The van der Waals surface area contributed by atoms with Crippen molar-refractivity contribution >= 4 is 23.2 Å². The van der Waals surface area contributed by atoms with Crippen LogP contribution in [0.2, 0.25) is 5.02 Å². The van der Waals surface area contributed by atoms with Crippen LogP contribution in [0, 0.1) is 0 Å². The second-order valence-corrected chi connectivity index (χ2v) is 5.26. The van der Waals surface area contributed by atoms with Gasteiger partial charge in [0.2, 0.25) is 11.6 Å². The summed E-state index contributed by atoms with van der Waals surface area (Å²) in [6.07, 6.45) is 0. The van der Waals surface area contributed by atoms with Crippen molar-refractivity contribution in [2.24, 2.45) is 0 Å². The molecule has 0 aliphatic heterocycles. The monoisotopic (exact) mass is 326 g/mol. The van der Waals surface area contributed by atoms with E-state index in [1.165, 1.54) is 12.1 Å². The lowest BCUT2D eigenvalue weighted by molar-refractivity contribution is 0.102. The zero-order chi connectivity index (χ0) is 16.4. The highest BCUT2D eigenvalue weighted by Gasteiger charge is 2.24. The number of aromatic amines is 1. The average Bonchev–Trinajstić information content (AvgIpc) is 2.96. The Labute approximate surface area is 136 Å². The summed E-state index contributed by atoms with van der Waals surface area (Å²) < 4.78 is 0. The number of aromatic nitrogens is 2. The molecule has 0 aliphatic rings. The Morgan fingerprint density at radius 1 is 0.913 bits per heavy atom. The summed E-state index contributed by atoms with van der Waals surface area (Å²) in [5, 5.41) is 16.9. The van der Waals surface area contributed by atoms with E-state index in [2.05, 4.69) is 10.2 Å². The highest BCUT2D eigenvalue weighted by molar-refractivity contribution is 6.30. The molecule has 1 aromatic heterocycles. The van der Waals surface area contributed by atoms with Crippen molar-refractivity contribution in [1.29, 1.82) is 0 Å². The molecule has 0 saturated carbocycles. The van der Waals surface area contributed by atoms with Gasteiger partial charge in [-0.25, -0.2) is 0 Å². The van der Waals surface area contributed by atoms with Gasteiger partial charge in [-0.1, -0.05) is 41.9 Å². The molecule has 0 aliphatic carbocycles. The van der Waals surface area contributed by atoms with Gasteiger partial charge in [0.25, 0.3) is 0 Å². The van der Waals surface area contributed by atoms with Crippen LogP contribution in [0.1, 0.15) is 32.1 Å². The van der Waals surface area contributed by atoms with Crippen LogP contribution in [0.25, 0.3) is 0 Å².